The van der Waals surface area contributed by atoms with Crippen LogP contribution in [0.15, 0.2) is 54.6 Å². The van der Waals surface area contributed by atoms with E-state index in [1.54, 1.807) is 12.1 Å². The molecule has 32 heavy (non-hydrogen) atoms. The van der Waals surface area contributed by atoms with E-state index in [2.05, 4.69) is 0 Å². The number of carbonyl (C=O) groups excluding carboxylic acids is 1. The van der Waals surface area contributed by atoms with Crippen LogP contribution >= 0.6 is 0 Å². The molecule has 1 atom stereocenters. The molecule has 0 bridgehead atoms. The van der Waals surface area contributed by atoms with Crippen molar-refractivity contribution in [2.24, 2.45) is 5.73 Å². The third-order valence-electron chi connectivity index (χ3n) is 5.37. The molecule has 8 heteroatoms. The second-order valence-electron chi connectivity index (χ2n) is 7.86. The summed E-state index contributed by atoms with van der Waals surface area (Å²) in [6.07, 6.45) is -1.90. The number of hydrogen-bond acceptors (Lipinski definition) is 4. The summed E-state index contributed by atoms with van der Waals surface area (Å²) in [6, 6.07) is 12.7. The Morgan fingerprint density at radius 1 is 1.19 bits per heavy atom. The lowest BCUT2D eigenvalue weighted by molar-refractivity contribution is -0.137. The van der Waals surface area contributed by atoms with Gasteiger partial charge in [0, 0.05) is 26.1 Å². The molecule has 3 rings (SSSR count). The molecule has 0 radical (unpaired) electrons. The predicted octanol–water partition coefficient (Wildman–Crippen LogP) is 3.65. The number of halogens is 3. The van der Waals surface area contributed by atoms with Gasteiger partial charge in [-0.1, -0.05) is 36.4 Å². The summed E-state index contributed by atoms with van der Waals surface area (Å²) >= 11 is 0. The monoisotopic (exact) mass is 448 g/mol. The Balaban J connectivity index is 1.51. The molecule has 172 valence electrons. The van der Waals surface area contributed by atoms with Crippen LogP contribution in [-0.4, -0.2) is 48.3 Å². The quantitative estimate of drug-likeness (QED) is 0.614. The number of nitrogens with two attached hydrogens (primary N) is 1. The topological polar surface area (TPSA) is 75.8 Å². The van der Waals surface area contributed by atoms with E-state index in [-0.39, 0.29) is 18.9 Å². The first-order valence-electron chi connectivity index (χ1n) is 10.5. The molecule has 5 nitrogen and oxygen atoms in total. The average Bonchev–Trinajstić information content (AvgIpc) is 2.77. The van der Waals surface area contributed by atoms with Crippen molar-refractivity contribution in [1.29, 1.82) is 0 Å². The van der Waals surface area contributed by atoms with Gasteiger partial charge in [-0.2, -0.15) is 13.2 Å². The molecule has 1 unspecified atom stereocenters. The fraction of sp³-hybridized carbons (Fsp3) is 0.375. The Kier molecular flexibility index (Phi) is 7.93. The zero-order chi connectivity index (χ0) is 23.1. The molecule has 0 fully saturated rings. The molecule has 0 aliphatic carbocycles. The van der Waals surface area contributed by atoms with Gasteiger partial charge >= 0.3 is 6.18 Å². The zero-order valence-corrected chi connectivity index (χ0v) is 17.6. The van der Waals surface area contributed by atoms with E-state index in [0.29, 0.717) is 43.8 Å². The van der Waals surface area contributed by atoms with Crippen molar-refractivity contribution in [3.8, 4) is 5.75 Å². The number of aryl methyl sites for hydroxylation is 1. The SMILES string of the molecule is NC(=O)CCc1ccccc1OCC(O)CN1CC=C(c2cccc(C(F)(F)F)c2)CC1. The summed E-state index contributed by atoms with van der Waals surface area (Å²) in [6.45, 7) is 1.65. The van der Waals surface area contributed by atoms with Crippen LogP contribution in [0.5, 0.6) is 5.75 Å². The lowest BCUT2D eigenvalue weighted by atomic mass is 9.97. The predicted molar refractivity (Wildman–Crippen MR) is 116 cm³/mol. The molecule has 1 heterocycles. The van der Waals surface area contributed by atoms with Crippen LogP contribution in [0.25, 0.3) is 5.57 Å². The minimum absolute atomic E-state index is 0.0916. The smallest absolute Gasteiger partial charge is 0.416 e. The Hall–Kier alpha value is -2.84. The first-order valence-corrected chi connectivity index (χ1v) is 10.5. The summed E-state index contributed by atoms with van der Waals surface area (Å²) in [5, 5.41) is 10.4. The Morgan fingerprint density at radius 3 is 2.66 bits per heavy atom. The first-order chi connectivity index (χ1) is 15.2. The lowest BCUT2D eigenvalue weighted by Gasteiger charge is -2.28. The maximum absolute atomic E-state index is 13.0. The van der Waals surface area contributed by atoms with Crippen molar-refractivity contribution in [3.05, 3.63) is 71.3 Å². The molecule has 2 aromatic rings. The van der Waals surface area contributed by atoms with Crippen LogP contribution in [0, 0.1) is 0 Å². The highest BCUT2D eigenvalue weighted by molar-refractivity contribution is 5.74. The summed E-state index contributed by atoms with van der Waals surface area (Å²) in [5.74, 6) is 0.223. The largest absolute Gasteiger partial charge is 0.491 e. The van der Waals surface area contributed by atoms with E-state index in [1.807, 2.05) is 29.2 Å². The number of hydrogen-bond donors (Lipinski definition) is 2. The van der Waals surface area contributed by atoms with Gasteiger partial charge < -0.3 is 15.6 Å². The van der Waals surface area contributed by atoms with Gasteiger partial charge in [-0.3, -0.25) is 9.69 Å². The third kappa shape index (κ3) is 6.83. The summed E-state index contributed by atoms with van der Waals surface area (Å²) < 4.78 is 44.6. The van der Waals surface area contributed by atoms with E-state index in [0.717, 1.165) is 17.2 Å². The highest BCUT2D eigenvalue weighted by atomic mass is 19.4. The van der Waals surface area contributed by atoms with Crippen LogP contribution in [0.4, 0.5) is 13.2 Å². The van der Waals surface area contributed by atoms with E-state index in [4.69, 9.17) is 10.5 Å². The van der Waals surface area contributed by atoms with Crippen molar-refractivity contribution in [2.45, 2.75) is 31.5 Å². The van der Waals surface area contributed by atoms with Gasteiger partial charge in [-0.15, -0.1) is 0 Å². The Labute approximate surface area is 185 Å². The third-order valence-corrected chi connectivity index (χ3v) is 5.37. The minimum atomic E-state index is -4.36. The fourth-order valence-electron chi connectivity index (χ4n) is 3.68. The van der Waals surface area contributed by atoms with Gasteiger partial charge in [0.15, 0.2) is 0 Å². The van der Waals surface area contributed by atoms with Crippen molar-refractivity contribution in [2.75, 3.05) is 26.2 Å². The molecule has 0 spiro atoms. The summed E-state index contributed by atoms with van der Waals surface area (Å²) in [4.78, 5) is 13.1. The van der Waals surface area contributed by atoms with Gasteiger partial charge in [0.05, 0.1) is 5.56 Å². The zero-order valence-electron chi connectivity index (χ0n) is 17.6. The number of alkyl halides is 3. The van der Waals surface area contributed by atoms with E-state index < -0.39 is 17.8 Å². The standard InChI is InChI=1S/C24H27F3N2O3/c25-24(26,27)20-6-3-5-19(14-20)17-10-12-29(13-11-17)15-21(30)16-32-22-7-2-1-4-18(22)8-9-23(28)31/h1-7,10,14,21,30H,8-9,11-13,15-16H2,(H2,28,31). The molecule has 0 aromatic heterocycles. The average molecular weight is 448 g/mol. The van der Waals surface area contributed by atoms with E-state index >= 15 is 0 Å². The van der Waals surface area contributed by atoms with Crippen molar-refractivity contribution >= 4 is 11.5 Å². The number of β-amino-alcohol motifs (C(OH)–C–C–N with tert-alkyl or cyclic N) is 1. The molecule has 3 N–H and O–H groups in total. The number of ether oxygens (including phenoxy) is 1. The van der Waals surface area contributed by atoms with Crippen LogP contribution in [0.2, 0.25) is 0 Å². The van der Waals surface area contributed by atoms with Crippen LogP contribution in [0.1, 0.15) is 29.5 Å². The van der Waals surface area contributed by atoms with E-state index in [1.165, 1.54) is 12.1 Å². The molecule has 1 aliphatic rings. The van der Waals surface area contributed by atoms with Gasteiger partial charge in [0.25, 0.3) is 0 Å². The lowest BCUT2D eigenvalue weighted by Crippen LogP contribution is -2.38. The van der Waals surface area contributed by atoms with Crippen LogP contribution in [-0.2, 0) is 17.4 Å². The van der Waals surface area contributed by atoms with Gasteiger partial charge in [0.2, 0.25) is 5.91 Å². The summed E-state index contributed by atoms with van der Waals surface area (Å²) in [7, 11) is 0. The number of nitrogens with zero attached hydrogens (tertiary/aromatic N) is 1. The van der Waals surface area contributed by atoms with Crippen molar-refractivity contribution in [3.63, 3.8) is 0 Å². The first kappa shape index (κ1) is 23.8. The Bertz CT molecular complexity index is 960. The van der Waals surface area contributed by atoms with E-state index in [9.17, 15) is 23.1 Å². The number of para-hydroxylation sites is 1. The van der Waals surface area contributed by atoms with Crippen LogP contribution in [0.3, 0.4) is 0 Å². The number of benzene rings is 2. The minimum Gasteiger partial charge on any atom is -0.491 e. The number of aliphatic hydroxyl groups excluding tert-OH is 1. The summed E-state index contributed by atoms with van der Waals surface area (Å²) in [5.41, 5.74) is 6.87. The maximum atomic E-state index is 13.0. The fourth-order valence-corrected chi connectivity index (χ4v) is 3.68. The number of carbonyl (C=O) groups is 1. The second-order valence-corrected chi connectivity index (χ2v) is 7.86. The number of primary amides is 1. The number of amides is 1. The highest BCUT2D eigenvalue weighted by Gasteiger charge is 2.30. The van der Waals surface area contributed by atoms with Gasteiger partial charge in [0.1, 0.15) is 18.5 Å². The molecule has 1 aliphatic heterocycles. The number of rotatable bonds is 9. The second kappa shape index (κ2) is 10.7. The van der Waals surface area contributed by atoms with Crippen LogP contribution < -0.4 is 10.5 Å². The molecule has 0 saturated heterocycles. The maximum Gasteiger partial charge on any atom is 0.416 e. The molecular weight excluding hydrogens is 421 g/mol. The molecule has 1 amide bonds. The van der Waals surface area contributed by atoms with Crippen molar-refractivity contribution < 1.29 is 27.8 Å². The Morgan fingerprint density at radius 2 is 1.97 bits per heavy atom. The molecule has 2 aromatic carbocycles. The molecule has 0 saturated carbocycles. The highest BCUT2D eigenvalue weighted by Crippen LogP contribution is 2.32. The number of aliphatic hydroxyl groups is 1. The van der Waals surface area contributed by atoms with Crippen molar-refractivity contribution in [1.82, 2.24) is 4.90 Å². The normalized spacial score (nSPS) is 15.8. The van der Waals surface area contributed by atoms with Gasteiger partial charge in [-0.25, -0.2) is 0 Å². The molecular formula is C24H27F3N2O3. The van der Waals surface area contributed by atoms with Gasteiger partial charge in [-0.05, 0) is 47.7 Å².